The van der Waals surface area contributed by atoms with E-state index in [4.69, 9.17) is 0 Å². The SMILES string of the molecule is Cc1cccc(CNC(=O)CC[C@H](C)N2CCCC2)c1C. The van der Waals surface area contributed by atoms with Crippen LogP contribution in [0.25, 0.3) is 0 Å². The Balaban J connectivity index is 1.73. The van der Waals surface area contributed by atoms with Gasteiger partial charge in [0.1, 0.15) is 0 Å². The molecule has 2 rings (SSSR count). The lowest BCUT2D eigenvalue weighted by Gasteiger charge is -2.23. The number of nitrogens with zero attached hydrogens (tertiary/aromatic N) is 1. The van der Waals surface area contributed by atoms with Gasteiger partial charge in [0.25, 0.3) is 0 Å². The van der Waals surface area contributed by atoms with Crippen molar-refractivity contribution >= 4 is 5.91 Å². The summed E-state index contributed by atoms with van der Waals surface area (Å²) in [5, 5.41) is 3.06. The number of hydrogen-bond acceptors (Lipinski definition) is 2. The third-order valence-corrected chi connectivity index (χ3v) is 4.75. The predicted octanol–water partition coefficient (Wildman–Crippen LogP) is 3.18. The lowest BCUT2D eigenvalue weighted by Crippen LogP contribution is -2.32. The molecule has 1 aromatic carbocycles. The van der Waals surface area contributed by atoms with Gasteiger partial charge in [-0.25, -0.2) is 0 Å². The summed E-state index contributed by atoms with van der Waals surface area (Å²) < 4.78 is 0. The van der Waals surface area contributed by atoms with Gasteiger partial charge >= 0.3 is 0 Å². The minimum Gasteiger partial charge on any atom is -0.352 e. The highest BCUT2D eigenvalue weighted by molar-refractivity contribution is 5.75. The molecular weight excluding hydrogens is 260 g/mol. The molecule has 1 fully saturated rings. The van der Waals surface area contributed by atoms with Crippen molar-refractivity contribution in [1.29, 1.82) is 0 Å². The van der Waals surface area contributed by atoms with E-state index in [2.05, 4.69) is 49.2 Å². The number of carbonyl (C=O) groups excluding carboxylic acids is 1. The van der Waals surface area contributed by atoms with E-state index in [1.54, 1.807) is 0 Å². The molecule has 3 heteroatoms. The third kappa shape index (κ3) is 4.57. The molecule has 1 aromatic rings. The molecule has 1 atom stereocenters. The number of carbonyl (C=O) groups is 1. The molecule has 0 unspecified atom stereocenters. The van der Waals surface area contributed by atoms with Gasteiger partial charge in [0.05, 0.1) is 0 Å². The van der Waals surface area contributed by atoms with Crippen LogP contribution in [0.15, 0.2) is 18.2 Å². The van der Waals surface area contributed by atoms with Gasteiger partial charge in [-0.3, -0.25) is 4.79 Å². The Morgan fingerprint density at radius 1 is 1.29 bits per heavy atom. The lowest BCUT2D eigenvalue weighted by atomic mass is 10.0. The van der Waals surface area contributed by atoms with Gasteiger partial charge in [-0.05, 0) is 69.8 Å². The van der Waals surface area contributed by atoms with Crippen LogP contribution in [-0.4, -0.2) is 29.9 Å². The fourth-order valence-corrected chi connectivity index (χ4v) is 2.99. The zero-order chi connectivity index (χ0) is 15.2. The van der Waals surface area contributed by atoms with Crippen LogP contribution >= 0.6 is 0 Å². The van der Waals surface area contributed by atoms with Crippen LogP contribution in [0, 0.1) is 13.8 Å². The molecule has 1 aliphatic heterocycles. The zero-order valence-electron chi connectivity index (χ0n) is 13.6. The number of benzene rings is 1. The van der Waals surface area contributed by atoms with Crippen molar-refractivity contribution in [2.45, 2.75) is 59.0 Å². The summed E-state index contributed by atoms with van der Waals surface area (Å²) in [6, 6.07) is 6.78. The Kier molecular flexibility index (Phi) is 5.80. The van der Waals surface area contributed by atoms with E-state index >= 15 is 0 Å². The van der Waals surface area contributed by atoms with Crippen molar-refractivity contribution in [2.75, 3.05) is 13.1 Å². The van der Waals surface area contributed by atoms with Gasteiger partial charge in [0.15, 0.2) is 0 Å². The van der Waals surface area contributed by atoms with Crippen molar-refractivity contribution in [1.82, 2.24) is 10.2 Å². The van der Waals surface area contributed by atoms with Crippen LogP contribution < -0.4 is 5.32 Å². The smallest absolute Gasteiger partial charge is 0.220 e. The molecule has 0 aromatic heterocycles. The van der Waals surface area contributed by atoms with E-state index < -0.39 is 0 Å². The van der Waals surface area contributed by atoms with Crippen LogP contribution in [-0.2, 0) is 11.3 Å². The largest absolute Gasteiger partial charge is 0.352 e. The molecule has 0 saturated carbocycles. The highest BCUT2D eigenvalue weighted by Crippen LogP contribution is 2.15. The maximum absolute atomic E-state index is 12.0. The van der Waals surface area contributed by atoms with Crippen molar-refractivity contribution in [3.8, 4) is 0 Å². The van der Waals surface area contributed by atoms with Gasteiger partial charge < -0.3 is 10.2 Å². The standard InChI is InChI=1S/C18H28N2O/c1-14-7-6-8-17(16(14)3)13-19-18(21)10-9-15(2)20-11-4-5-12-20/h6-8,15H,4-5,9-13H2,1-3H3,(H,19,21)/t15-/m0/s1. The van der Waals surface area contributed by atoms with E-state index in [-0.39, 0.29) is 5.91 Å². The molecule has 116 valence electrons. The Morgan fingerprint density at radius 2 is 2.00 bits per heavy atom. The van der Waals surface area contributed by atoms with E-state index in [1.165, 1.54) is 42.6 Å². The summed E-state index contributed by atoms with van der Waals surface area (Å²) in [5.74, 6) is 0.168. The summed E-state index contributed by atoms with van der Waals surface area (Å²) in [4.78, 5) is 14.5. The third-order valence-electron chi connectivity index (χ3n) is 4.75. The number of amides is 1. The molecule has 1 heterocycles. The van der Waals surface area contributed by atoms with Gasteiger partial charge in [0, 0.05) is 19.0 Å². The number of aryl methyl sites for hydroxylation is 1. The van der Waals surface area contributed by atoms with Gasteiger partial charge in [-0.1, -0.05) is 18.2 Å². The van der Waals surface area contributed by atoms with Crippen LogP contribution in [0.2, 0.25) is 0 Å². The molecule has 1 saturated heterocycles. The quantitative estimate of drug-likeness (QED) is 0.872. The number of hydrogen-bond donors (Lipinski definition) is 1. The van der Waals surface area contributed by atoms with E-state index in [1.807, 2.05) is 0 Å². The van der Waals surface area contributed by atoms with Crippen LogP contribution in [0.1, 0.15) is 49.3 Å². The maximum Gasteiger partial charge on any atom is 0.220 e. The fraction of sp³-hybridized carbons (Fsp3) is 0.611. The summed E-state index contributed by atoms with van der Waals surface area (Å²) in [6.45, 7) is 9.51. The second kappa shape index (κ2) is 7.60. The minimum absolute atomic E-state index is 0.168. The molecule has 0 spiro atoms. The summed E-state index contributed by atoms with van der Waals surface area (Å²) in [5.41, 5.74) is 3.78. The Labute approximate surface area is 128 Å². The minimum atomic E-state index is 0.168. The molecule has 0 bridgehead atoms. The van der Waals surface area contributed by atoms with Crippen LogP contribution in [0.3, 0.4) is 0 Å². The van der Waals surface area contributed by atoms with Gasteiger partial charge in [-0.15, -0.1) is 0 Å². The summed E-state index contributed by atoms with van der Waals surface area (Å²) >= 11 is 0. The molecule has 1 amide bonds. The fourth-order valence-electron chi connectivity index (χ4n) is 2.99. The Morgan fingerprint density at radius 3 is 2.71 bits per heavy atom. The molecule has 3 nitrogen and oxygen atoms in total. The number of nitrogens with one attached hydrogen (secondary N) is 1. The predicted molar refractivity (Wildman–Crippen MR) is 87.3 cm³/mol. The monoisotopic (exact) mass is 288 g/mol. The first kappa shape index (κ1) is 16.0. The van der Waals surface area contributed by atoms with E-state index in [0.717, 1.165) is 6.42 Å². The van der Waals surface area contributed by atoms with Crippen molar-refractivity contribution in [3.05, 3.63) is 34.9 Å². The van der Waals surface area contributed by atoms with Gasteiger partial charge in [0.2, 0.25) is 5.91 Å². The molecule has 1 aliphatic rings. The van der Waals surface area contributed by atoms with Crippen molar-refractivity contribution < 1.29 is 4.79 Å². The van der Waals surface area contributed by atoms with Crippen molar-refractivity contribution in [3.63, 3.8) is 0 Å². The molecule has 21 heavy (non-hydrogen) atoms. The zero-order valence-corrected chi connectivity index (χ0v) is 13.6. The molecule has 0 radical (unpaired) electrons. The number of rotatable bonds is 6. The second-order valence-electron chi connectivity index (χ2n) is 6.27. The first-order chi connectivity index (χ1) is 10.1. The Hall–Kier alpha value is -1.35. The normalized spacial score (nSPS) is 16.9. The average molecular weight is 288 g/mol. The average Bonchev–Trinajstić information content (AvgIpc) is 3.00. The highest BCUT2D eigenvalue weighted by Gasteiger charge is 2.18. The molecule has 0 aliphatic carbocycles. The number of likely N-dealkylation sites (tertiary alicyclic amines) is 1. The van der Waals surface area contributed by atoms with Gasteiger partial charge in [-0.2, -0.15) is 0 Å². The summed E-state index contributed by atoms with van der Waals surface area (Å²) in [7, 11) is 0. The highest BCUT2D eigenvalue weighted by atomic mass is 16.1. The van der Waals surface area contributed by atoms with E-state index in [0.29, 0.717) is 19.0 Å². The maximum atomic E-state index is 12.0. The Bertz CT molecular complexity index is 478. The van der Waals surface area contributed by atoms with Crippen LogP contribution in [0.4, 0.5) is 0 Å². The lowest BCUT2D eigenvalue weighted by molar-refractivity contribution is -0.121. The first-order valence-electron chi connectivity index (χ1n) is 8.14. The van der Waals surface area contributed by atoms with Crippen molar-refractivity contribution in [2.24, 2.45) is 0 Å². The second-order valence-corrected chi connectivity index (χ2v) is 6.27. The molecular formula is C18H28N2O. The summed E-state index contributed by atoms with van der Waals surface area (Å²) in [6.07, 6.45) is 4.20. The molecule has 1 N–H and O–H groups in total. The van der Waals surface area contributed by atoms with Crippen LogP contribution in [0.5, 0.6) is 0 Å². The topological polar surface area (TPSA) is 32.3 Å². The van der Waals surface area contributed by atoms with E-state index in [9.17, 15) is 4.79 Å². The first-order valence-corrected chi connectivity index (χ1v) is 8.14.